The second kappa shape index (κ2) is 2.95. The van der Waals surface area contributed by atoms with Crippen LogP contribution in [-0.2, 0) is 5.41 Å². The van der Waals surface area contributed by atoms with Crippen LogP contribution in [0.5, 0.6) is 0 Å². The standard InChI is InChI=1S/C11H12.ClH/c1-11(2)8-7-9-5-3-4-6-10(9)11;/h3-8H,1-2H3;1H. The summed E-state index contributed by atoms with van der Waals surface area (Å²) in [5, 5.41) is 0. The number of allylic oxidation sites excluding steroid dienone is 1. The molecule has 0 aromatic heterocycles. The van der Waals surface area contributed by atoms with Gasteiger partial charge in [0, 0.05) is 5.41 Å². The van der Waals surface area contributed by atoms with Crippen molar-refractivity contribution in [2.24, 2.45) is 0 Å². The fourth-order valence-corrected chi connectivity index (χ4v) is 1.62. The lowest BCUT2D eigenvalue weighted by molar-refractivity contribution is 0.683. The lowest BCUT2D eigenvalue weighted by Gasteiger charge is -2.16. The highest BCUT2D eigenvalue weighted by molar-refractivity contribution is 5.85. The maximum absolute atomic E-state index is 2.26. The Kier molecular flexibility index (Phi) is 2.29. The van der Waals surface area contributed by atoms with Gasteiger partial charge in [0.1, 0.15) is 0 Å². The van der Waals surface area contributed by atoms with E-state index in [1.807, 2.05) is 0 Å². The molecule has 0 atom stereocenters. The first-order valence-electron chi connectivity index (χ1n) is 3.99. The Bertz CT molecular complexity index is 311. The third-order valence-electron chi connectivity index (χ3n) is 2.33. The summed E-state index contributed by atoms with van der Waals surface area (Å²) in [4.78, 5) is 0. The molecule has 1 aromatic rings. The third kappa shape index (κ3) is 1.27. The van der Waals surface area contributed by atoms with Crippen molar-refractivity contribution in [3.63, 3.8) is 0 Å². The van der Waals surface area contributed by atoms with Gasteiger partial charge in [-0.3, -0.25) is 0 Å². The molecule has 0 spiro atoms. The van der Waals surface area contributed by atoms with Crippen molar-refractivity contribution in [1.29, 1.82) is 0 Å². The Hall–Kier alpha value is -0.750. The Morgan fingerprint density at radius 2 is 1.75 bits per heavy atom. The number of hydrogen-bond acceptors (Lipinski definition) is 0. The van der Waals surface area contributed by atoms with Crippen LogP contribution in [-0.4, -0.2) is 0 Å². The average molecular weight is 181 g/mol. The van der Waals surface area contributed by atoms with Gasteiger partial charge in [0.2, 0.25) is 0 Å². The second-order valence-corrected chi connectivity index (χ2v) is 3.64. The molecule has 64 valence electrons. The van der Waals surface area contributed by atoms with Crippen LogP contribution in [0.4, 0.5) is 0 Å². The molecule has 0 amide bonds. The highest BCUT2D eigenvalue weighted by Crippen LogP contribution is 2.34. The lowest BCUT2D eigenvalue weighted by Crippen LogP contribution is -2.10. The van der Waals surface area contributed by atoms with Gasteiger partial charge in [0.25, 0.3) is 0 Å². The number of halogens is 1. The van der Waals surface area contributed by atoms with Crippen molar-refractivity contribution in [3.05, 3.63) is 41.5 Å². The largest absolute Gasteiger partial charge is 0.147 e. The zero-order valence-electron chi connectivity index (χ0n) is 7.37. The fourth-order valence-electron chi connectivity index (χ4n) is 1.62. The normalized spacial score (nSPS) is 16.8. The molecule has 0 unspecified atom stereocenters. The van der Waals surface area contributed by atoms with E-state index in [-0.39, 0.29) is 17.8 Å². The molecule has 0 bridgehead atoms. The quantitative estimate of drug-likeness (QED) is 0.574. The Balaban J connectivity index is 0.000000720. The van der Waals surface area contributed by atoms with Gasteiger partial charge in [-0.25, -0.2) is 0 Å². The second-order valence-electron chi connectivity index (χ2n) is 3.64. The van der Waals surface area contributed by atoms with E-state index in [1.54, 1.807) is 0 Å². The van der Waals surface area contributed by atoms with E-state index in [1.165, 1.54) is 11.1 Å². The smallest absolute Gasteiger partial charge is 0.00845 e. The number of rotatable bonds is 0. The van der Waals surface area contributed by atoms with E-state index in [0.717, 1.165) is 0 Å². The van der Waals surface area contributed by atoms with Crippen LogP contribution in [0.15, 0.2) is 30.3 Å². The summed E-state index contributed by atoms with van der Waals surface area (Å²) < 4.78 is 0. The molecule has 0 nitrogen and oxygen atoms in total. The van der Waals surface area contributed by atoms with Gasteiger partial charge >= 0.3 is 0 Å². The maximum Gasteiger partial charge on any atom is 0.00845 e. The fraction of sp³-hybridized carbons (Fsp3) is 0.273. The first kappa shape index (κ1) is 9.34. The van der Waals surface area contributed by atoms with Crippen LogP contribution in [0.25, 0.3) is 6.08 Å². The molecule has 2 rings (SSSR count). The van der Waals surface area contributed by atoms with E-state index in [4.69, 9.17) is 0 Å². The van der Waals surface area contributed by atoms with Gasteiger partial charge < -0.3 is 0 Å². The minimum Gasteiger partial charge on any atom is -0.147 e. The Morgan fingerprint density at radius 3 is 2.42 bits per heavy atom. The third-order valence-corrected chi connectivity index (χ3v) is 2.33. The number of hydrogen-bond donors (Lipinski definition) is 0. The Labute approximate surface area is 79.7 Å². The number of benzene rings is 1. The molecule has 0 N–H and O–H groups in total. The van der Waals surface area contributed by atoms with Crippen molar-refractivity contribution in [3.8, 4) is 0 Å². The zero-order chi connectivity index (χ0) is 7.90. The van der Waals surface area contributed by atoms with E-state index in [2.05, 4.69) is 50.3 Å². The van der Waals surface area contributed by atoms with Gasteiger partial charge in [-0.2, -0.15) is 0 Å². The summed E-state index contributed by atoms with van der Waals surface area (Å²) in [6, 6.07) is 8.56. The van der Waals surface area contributed by atoms with Gasteiger partial charge in [-0.05, 0) is 11.1 Å². The molecule has 12 heavy (non-hydrogen) atoms. The van der Waals surface area contributed by atoms with Gasteiger partial charge in [0.05, 0.1) is 0 Å². The average Bonchev–Trinajstić information content (AvgIpc) is 2.29. The highest BCUT2D eigenvalue weighted by atomic mass is 35.5. The van der Waals surface area contributed by atoms with E-state index < -0.39 is 0 Å². The van der Waals surface area contributed by atoms with Gasteiger partial charge in [-0.1, -0.05) is 50.3 Å². The summed E-state index contributed by atoms with van der Waals surface area (Å²) in [5.41, 5.74) is 3.06. The Morgan fingerprint density at radius 1 is 1.08 bits per heavy atom. The maximum atomic E-state index is 2.26. The monoisotopic (exact) mass is 180 g/mol. The van der Waals surface area contributed by atoms with Crippen LogP contribution in [0, 0.1) is 0 Å². The SMILES string of the molecule is CC1(C)C=Cc2ccccc21.Cl. The molecule has 1 aliphatic rings. The minimum atomic E-state index is 0. The summed E-state index contributed by atoms with van der Waals surface area (Å²) in [7, 11) is 0. The van der Waals surface area contributed by atoms with Crippen LogP contribution in [0.3, 0.4) is 0 Å². The van der Waals surface area contributed by atoms with Crippen LogP contribution in [0.2, 0.25) is 0 Å². The molecule has 0 saturated heterocycles. The van der Waals surface area contributed by atoms with Crippen molar-refractivity contribution in [2.45, 2.75) is 19.3 Å². The van der Waals surface area contributed by atoms with E-state index in [9.17, 15) is 0 Å². The first-order valence-corrected chi connectivity index (χ1v) is 3.99. The molecule has 0 saturated carbocycles. The van der Waals surface area contributed by atoms with Crippen LogP contribution >= 0.6 is 12.4 Å². The zero-order valence-corrected chi connectivity index (χ0v) is 8.19. The lowest BCUT2D eigenvalue weighted by atomic mass is 9.87. The molecule has 0 heterocycles. The molecular formula is C11H13Cl. The predicted octanol–water partition coefficient (Wildman–Crippen LogP) is 3.41. The van der Waals surface area contributed by atoms with Gasteiger partial charge in [0.15, 0.2) is 0 Å². The van der Waals surface area contributed by atoms with Crippen LogP contribution in [0.1, 0.15) is 25.0 Å². The summed E-state index contributed by atoms with van der Waals surface area (Å²) in [5.74, 6) is 0. The summed E-state index contributed by atoms with van der Waals surface area (Å²) in [6.45, 7) is 4.49. The van der Waals surface area contributed by atoms with E-state index >= 15 is 0 Å². The summed E-state index contributed by atoms with van der Waals surface area (Å²) in [6.07, 6.45) is 4.47. The van der Waals surface area contributed by atoms with Crippen molar-refractivity contribution in [1.82, 2.24) is 0 Å². The molecule has 0 aliphatic heterocycles. The molecule has 1 aromatic carbocycles. The summed E-state index contributed by atoms with van der Waals surface area (Å²) >= 11 is 0. The van der Waals surface area contributed by atoms with Crippen molar-refractivity contribution >= 4 is 18.5 Å². The number of fused-ring (bicyclic) bond motifs is 1. The minimum absolute atomic E-state index is 0. The van der Waals surface area contributed by atoms with Crippen molar-refractivity contribution in [2.75, 3.05) is 0 Å². The molecule has 1 heteroatoms. The topological polar surface area (TPSA) is 0 Å². The van der Waals surface area contributed by atoms with Gasteiger partial charge in [-0.15, -0.1) is 12.4 Å². The van der Waals surface area contributed by atoms with Crippen molar-refractivity contribution < 1.29 is 0 Å². The highest BCUT2D eigenvalue weighted by Gasteiger charge is 2.23. The van der Waals surface area contributed by atoms with Crippen LogP contribution < -0.4 is 0 Å². The molecule has 0 fully saturated rings. The first-order chi connectivity index (χ1) is 5.20. The molecule has 0 radical (unpaired) electrons. The predicted molar refractivity (Wildman–Crippen MR) is 55.8 cm³/mol. The van der Waals surface area contributed by atoms with E-state index in [0.29, 0.717) is 0 Å². The molecule has 1 aliphatic carbocycles. The molecular weight excluding hydrogens is 168 g/mol.